The smallest absolute Gasteiger partial charge is 0.333 e. The van der Waals surface area contributed by atoms with E-state index in [-0.39, 0.29) is 11.6 Å². The highest BCUT2D eigenvalue weighted by molar-refractivity contribution is 5.86. The maximum Gasteiger partial charge on any atom is 0.333 e. The van der Waals surface area contributed by atoms with Crippen molar-refractivity contribution in [2.75, 3.05) is 13.2 Å². The Kier molecular flexibility index (Phi) is 7.88. The van der Waals surface area contributed by atoms with Crippen LogP contribution in [0.25, 0.3) is 0 Å². The first kappa shape index (κ1) is 16.2. The Morgan fingerprint density at radius 1 is 1.29 bits per heavy atom. The molecule has 0 rings (SSSR count). The molecule has 0 bridgehead atoms. The van der Waals surface area contributed by atoms with Crippen molar-refractivity contribution in [1.82, 2.24) is 0 Å². The Labute approximate surface area is 105 Å². The maximum atomic E-state index is 11.4. The molecule has 0 aliphatic heterocycles. The molecule has 0 saturated heterocycles. The van der Waals surface area contributed by atoms with Crippen LogP contribution in [0.1, 0.15) is 53.4 Å². The minimum atomic E-state index is -0.334. The van der Waals surface area contributed by atoms with Gasteiger partial charge >= 0.3 is 5.97 Å². The summed E-state index contributed by atoms with van der Waals surface area (Å²) in [5.74, 6) is -0.334. The zero-order chi connectivity index (χ0) is 13.3. The van der Waals surface area contributed by atoms with E-state index in [0.717, 1.165) is 25.7 Å². The number of hydrogen-bond donors (Lipinski definition) is 0. The molecule has 0 amide bonds. The van der Waals surface area contributed by atoms with Crippen LogP contribution in [-0.2, 0) is 14.3 Å². The van der Waals surface area contributed by atoms with Crippen LogP contribution in [0.2, 0.25) is 0 Å². The van der Waals surface area contributed by atoms with Crippen molar-refractivity contribution >= 4 is 5.97 Å². The molecule has 0 aliphatic carbocycles. The summed E-state index contributed by atoms with van der Waals surface area (Å²) in [6, 6.07) is 0. The summed E-state index contributed by atoms with van der Waals surface area (Å²) in [4.78, 5) is 11.4. The van der Waals surface area contributed by atoms with Crippen molar-refractivity contribution in [2.45, 2.75) is 59.0 Å². The summed E-state index contributed by atoms with van der Waals surface area (Å²) in [6.07, 6.45) is 3.98. The largest absolute Gasteiger partial charge is 0.459 e. The molecule has 0 fully saturated rings. The van der Waals surface area contributed by atoms with Gasteiger partial charge in [0.15, 0.2) is 0 Å². The lowest BCUT2D eigenvalue weighted by Gasteiger charge is -2.32. The second kappa shape index (κ2) is 8.29. The van der Waals surface area contributed by atoms with Crippen LogP contribution in [0.15, 0.2) is 12.2 Å². The van der Waals surface area contributed by atoms with Crippen molar-refractivity contribution in [2.24, 2.45) is 0 Å². The summed E-state index contributed by atoms with van der Waals surface area (Å²) in [5, 5.41) is 0. The van der Waals surface area contributed by atoms with E-state index in [1.807, 2.05) is 6.92 Å². The van der Waals surface area contributed by atoms with Crippen LogP contribution >= 0.6 is 0 Å². The third kappa shape index (κ3) is 5.87. The molecule has 3 nitrogen and oxygen atoms in total. The average molecular weight is 242 g/mol. The normalized spacial score (nSPS) is 14.1. The molecule has 0 aromatic carbocycles. The molecule has 17 heavy (non-hydrogen) atoms. The van der Waals surface area contributed by atoms with Crippen LogP contribution in [0.3, 0.4) is 0 Å². The molecule has 0 heterocycles. The van der Waals surface area contributed by atoms with E-state index in [1.54, 1.807) is 6.92 Å². The molecule has 0 aromatic heterocycles. The van der Waals surface area contributed by atoms with Crippen LogP contribution in [0.5, 0.6) is 0 Å². The van der Waals surface area contributed by atoms with Crippen molar-refractivity contribution in [1.29, 1.82) is 0 Å². The minimum Gasteiger partial charge on any atom is -0.459 e. The predicted octanol–water partition coefficient (Wildman–Crippen LogP) is 3.48. The summed E-state index contributed by atoms with van der Waals surface area (Å²) in [6.45, 7) is 12.4. The highest BCUT2D eigenvalue weighted by Crippen LogP contribution is 2.24. The van der Waals surface area contributed by atoms with E-state index >= 15 is 0 Å². The highest BCUT2D eigenvalue weighted by Gasteiger charge is 2.30. The molecule has 0 aliphatic rings. The molecule has 1 unspecified atom stereocenters. The number of carbonyl (C=O) groups is 1. The van der Waals surface area contributed by atoms with Gasteiger partial charge in [-0.1, -0.05) is 33.3 Å². The second-order valence-corrected chi connectivity index (χ2v) is 4.43. The van der Waals surface area contributed by atoms with E-state index in [9.17, 15) is 4.79 Å². The Morgan fingerprint density at radius 3 is 2.35 bits per heavy atom. The van der Waals surface area contributed by atoms with E-state index in [2.05, 4.69) is 20.4 Å². The van der Waals surface area contributed by atoms with Crippen molar-refractivity contribution < 1.29 is 14.3 Å². The molecule has 0 spiro atoms. The van der Waals surface area contributed by atoms with E-state index in [1.165, 1.54) is 0 Å². The zero-order valence-corrected chi connectivity index (χ0v) is 11.7. The number of rotatable bonds is 9. The fourth-order valence-corrected chi connectivity index (χ4v) is 1.69. The minimum absolute atomic E-state index is 0.322. The van der Waals surface area contributed by atoms with Gasteiger partial charge in [0.25, 0.3) is 0 Å². The molecule has 0 radical (unpaired) electrons. The third-order valence-electron chi connectivity index (χ3n) is 2.90. The van der Waals surface area contributed by atoms with Gasteiger partial charge in [0.1, 0.15) is 12.2 Å². The molecular weight excluding hydrogens is 216 g/mol. The van der Waals surface area contributed by atoms with Crippen molar-refractivity contribution in [3.63, 3.8) is 0 Å². The summed E-state index contributed by atoms with van der Waals surface area (Å²) in [7, 11) is 0. The number of carbonyl (C=O) groups excluding carboxylic acids is 1. The molecule has 100 valence electrons. The topological polar surface area (TPSA) is 35.5 Å². The highest BCUT2D eigenvalue weighted by atomic mass is 16.6. The lowest BCUT2D eigenvalue weighted by molar-refractivity contribution is -0.152. The fraction of sp³-hybridized carbons (Fsp3) is 0.786. The number of esters is 1. The number of hydrogen-bond acceptors (Lipinski definition) is 3. The summed E-state index contributed by atoms with van der Waals surface area (Å²) < 4.78 is 11.1. The van der Waals surface area contributed by atoms with Gasteiger partial charge < -0.3 is 9.47 Å². The van der Waals surface area contributed by atoms with Crippen LogP contribution in [0, 0.1) is 0 Å². The van der Waals surface area contributed by atoms with Gasteiger partial charge in [-0.2, -0.15) is 0 Å². The average Bonchev–Trinajstić information content (AvgIpc) is 2.32. The Balaban J connectivity index is 4.44. The van der Waals surface area contributed by atoms with Gasteiger partial charge in [-0.05, 0) is 26.7 Å². The SMILES string of the molecule is C=C(C)C(=O)OCC(CC)(CCCC)OCC. The first-order chi connectivity index (χ1) is 8.01. The van der Waals surface area contributed by atoms with Gasteiger partial charge in [-0.25, -0.2) is 4.79 Å². The van der Waals surface area contributed by atoms with Crippen LogP contribution in [0.4, 0.5) is 0 Å². The van der Waals surface area contributed by atoms with Crippen LogP contribution in [-0.4, -0.2) is 24.8 Å². The van der Waals surface area contributed by atoms with Crippen LogP contribution < -0.4 is 0 Å². The zero-order valence-electron chi connectivity index (χ0n) is 11.7. The molecule has 1 atom stereocenters. The Hall–Kier alpha value is -0.830. The number of unbranched alkanes of at least 4 members (excludes halogenated alkanes) is 1. The maximum absolute atomic E-state index is 11.4. The predicted molar refractivity (Wildman–Crippen MR) is 69.9 cm³/mol. The quantitative estimate of drug-likeness (QED) is 0.458. The Bertz CT molecular complexity index is 248. The first-order valence-corrected chi connectivity index (χ1v) is 6.48. The molecule has 3 heteroatoms. The molecule has 0 aromatic rings. The van der Waals surface area contributed by atoms with E-state index in [4.69, 9.17) is 9.47 Å². The third-order valence-corrected chi connectivity index (χ3v) is 2.90. The van der Waals surface area contributed by atoms with Gasteiger partial charge in [0.2, 0.25) is 0 Å². The Morgan fingerprint density at radius 2 is 1.94 bits per heavy atom. The van der Waals surface area contributed by atoms with Gasteiger partial charge in [-0.3, -0.25) is 0 Å². The van der Waals surface area contributed by atoms with Crippen molar-refractivity contribution in [3.05, 3.63) is 12.2 Å². The lowest BCUT2D eigenvalue weighted by atomic mass is 9.94. The molecule has 0 saturated carbocycles. The van der Waals surface area contributed by atoms with Gasteiger partial charge in [0.05, 0.1) is 0 Å². The second-order valence-electron chi connectivity index (χ2n) is 4.43. The fourth-order valence-electron chi connectivity index (χ4n) is 1.69. The van der Waals surface area contributed by atoms with E-state index < -0.39 is 0 Å². The molecular formula is C14H26O3. The summed E-state index contributed by atoms with van der Waals surface area (Å²) in [5.41, 5.74) is 0.109. The van der Waals surface area contributed by atoms with Gasteiger partial charge in [0, 0.05) is 12.2 Å². The molecule has 0 N–H and O–H groups in total. The van der Waals surface area contributed by atoms with Gasteiger partial charge in [-0.15, -0.1) is 0 Å². The standard InChI is InChI=1S/C14H26O3/c1-6-9-10-14(7-2,17-8-3)11-16-13(15)12(4)5/h4,6-11H2,1-3,5H3. The van der Waals surface area contributed by atoms with E-state index in [0.29, 0.717) is 18.8 Å². The monoisotopic (exact) mass is 242 g/mol. The lowest BCUT2D eigenvalue weighted by Crippen LogP contribution is -2.38. The number of ether oxygens (including phenoxy) is 2. The van der Waals surface area contributed by atoms with Crippen molar-refractivity contribution in [3.8, 4) is 0 Å². The first-order valence-electron chi connectivity index (χ1n) is 6.48. The summed E-state index contributed by atoms with van der Waals surface area (Å²) >= 11 is 0.